The summed E-state index contributed by atoms with van der Waals surface area (Å²) in [6, 6.07) is -0.902. The number of aromatic nitrogens is 2. The standard InChI is InChI=1S/C55H76N12O17/c1-26(2)18-33(56)47(75)62-41(22-45(73)74)52(80)64-40(21-30-24-59-35-13-9-7-11-32(30)35)51(79)66-42(25-68)53(81)65-39(20-29-23-58-34-12-8-6-10-31(29)34)50(78)63-38(19-27(3)4)49(77)60-36(14-16-43(57)70)48(76)67-46(28(5)69)54(82)61-37(55(83)84)15-17-44(71)72/h6-13,23-24,26-28,33,36-42,46,58-59,68-69H,14-22,25,56H2,1-5H3,(H2,57,70)(H,60,77)(H,61,82)(H,62,75)(H,63,78)(H,64,80)(H,65,81)(H,66,79)(H,67,76)(H,71,72)(H,73,74)(H,83,84). The number of nitrogens with one attached hydrogen (secondary N) is 10. The van der Waals surface area contributed by atoms with E-state index in [9.17, 15) is 78.0 Å². The highest BCUT2D eigenvalue weighted by Gasteiger charge is 2.37. The Kier molecular flexibility index (Phi) is 25.8. The number of hydrogen-bond acceptors (Lipinski definition) is 15. The van der Waals surface area contributed by atoms with Crippen molar-refractivity contribution in [1.82, 2.24) is 52.5 Å². The van der Waals surface area contributed by atoms with Gasteiger partial charge in [-0.1, -0.05) is 64.1 Å². The summed E-state index contributed by atoms with van der Waals surface area (Å²) in [6.07, 6.45) is -2.21. The normalized spacial score (nSPS) is 14.9. The van der Waals surface area contributed by atoms with Crippen LogP contribution in [0.4, 0.5) is 0 Å². The molecule has 29 heteroatoms. The van der Waals surface area contributed by atoms with Gasteiger partial charge in [-0.3, -0.25) is 52.7 Å². The maximum atomic E-state index is 14.7. The zero-order valence-electron chi connectivity index (χ0n) is 47.1. The highest BCUT2D eigenvalue weighted by atomic mass is 16.4. The number of amides is 9. The average Bonchev–Trinajstić information content (AvgIpc) is 4.27. The minimum absolute atomic E-state index is 0.0408. The van der Waals surface area contributed by atoms with E-state index >= 15 is 0 Å². The molecule has 2 aromatic heterocycles. The molecule has 19 N–H and O–H groups in total. The van der Waals surface area contributed by atoms with E-state index in [0.29, 0.717) is 32.9 Å². The molecule has 0 aliphatic carbocycles. The van der Waals surface area contributed by atoms with Gasteiger partial charge in [-0.2, -0.15) is 0 Å². The third-order valence-electron chi connectivity index (χ3n) is 13.3. The summed E-state index contributed by atoms with van der Waals surface area (Å²) in [4.78, 5) is 165. The van der Waals surface area contributed by atoms with Crippen molar-refractivity contribution in [3.8, 4) is 0 Å². The van der Waals surface area contributed by atoms with E-state index in [4.69, 9.17) is 16.6 Å². The Labute approximate surface area is 481 Å². The molecule has 0 saturated heterocycles. The second kappa shape index (κ2) is 32.0. The molecule has 0 radical (unpaired) electrons. The molecule has 0 bridgehead atoms. The van der Waals surface area contributed by atoms with E-state index in [2.05, 4.69) is 52.5 Å². The first-order chi connectivity index (χ1) is 39.6. The third kappa shape index (κ3) is 20.8. The number of hydrogen-bond donors (Lipinski definition) is 17. The summed E-state index contributed by atoms with van der Waals surface area (Å²) in [5.41, 5.74) is 13.7. The van der Waals surface area contributed by atoms with Crippen molar-refractivity contribution in [3.63, 3.8) is 0 Å². The lowest BCUT2D eigenvalue weighted by atomic mass is 9.99. The second-order valence-corrected chi connectivity index (χ2v) is 21.2. The minimum atomic E-state index is -1.89. The van der Waals surface area contributed by atoms with Gasteiger partial charge in [0.25, 0.3) is 0 Å². The SMILES string of the molecule is CC(C)CC(N)C(=O)NC(CC(=O)O)C(=O)NC(Cc1c[nH]c2ccccc12)C(=O)NC(CO)C(=O)NC(Cc1c[nH]c2ccccc12)C(=O)NC(CC(C)C)C(=O)NC(CCC(N)=O)C(=O)NC(C(=O)NC(CCC(=O)O)C(=O)O)C(C)O. The van der Waals surface area contributed by atoms with Crippen molar-refractivity contribution in [2.75, 3.05) is 6.61 Å². The first-order valence-electron chi connectivity index (χ1n) is 27.1. The Bertz CT molecular complexity index is 3010. The van der Waals surface area contributed by atoms with E-state index in [0.717, 1.165) is 6.92 Å². The molecule has 2 aromatic carbocycles. The number of benzene rings is 2. The number of H-pyrrole nitrogens is 2. The minimum Gasteiger partial charge on any atom is -0.481 e. The number of primary amides is 1. The molecule has 0 spiro atoms. The van der Waals surface area contributed by atoms with E-state index < -0.39 is 170 Å². The van der Waals surface area contributed by atoms with E-state index in [-0.39, 0.29) is 37.5 Å². The van der Waals surface area contributed by atoms with Gasteiger partial charge in [0, 0.05) is 59.9 Å². The van der Waals surface area contributed by atoms with Gasteiger partial charge in [-0.15, -0.1) is 0 Å². The monoisotopic (exact) mass is 1180 g/mol. The van der Waals surface area contributed by atoms with E-state index in [1.807, 2.05) is 0 Å². The number of aliphatic hydroxyl groups excluding tert-OH is 2. The van der Waals surface area contributed by atoms with Crippen LogP contribution >= 0.6 is 0 Å². The zero-order chi connectivity index (χ0) is 62.5. The number of fused-ring (bicyclic) bond motifs is 2. The van der Waals surface area contributed by atoms with Crippen LogP contribution in [0.5, 0.6) is 0 Å². The van der Waals surface area contributed by atoms with Crippen molar-refractivity contribution >= 4 is 92.9 Å². The molecule has 9 amide bonds. The second-order valence-electron chi connectivity index (χ2n) is 21.2. The van der Waals surface area contributed by atoms with Crippen molar-refractivity contribution in [3.05, 3.63) is 72.1 Å². The number of carbonyl (C=O) groups is 12. The smallest absolute Gasteiger partial charge is 0.326 e. The molecule has 458 valence electrons. The van der Waals surface area contributed by atoms with Gasteiger partial charge in [-0.05, 0) is 67.7 Å². The lowest BCUT2D eigenvalue weighted by Crippen LogP contribution is -2.62. The van der Waals surface area contributed by atoms with Crippen LogP contribution < -0.4 is 54.0 Å². The van der Waals surface area contributed by atoms with Crippen LogP contribution in [0.25, 0.3) is 21.8 Å². The lowest BCUT2D eigenvalue weighted by Gasteiger charge is -2.28. The van der Waals surface area contributed by atoms with Crippen molar-refractivity contribution < 1.29 is 83.1 Å². The first-order valence-corrected chi connectivity index (χ1v) is 27.1. The summed E-state index contributed by atoms with van der Waals surface area (Å²) in [5.74, 6) is -14.3. The number of carbonyl (C=O) groups excluding carboxylic acids is 9. The van der Waals surface area contributed by atoms with Crippen molar-refractivity contribution in [2.45, 2.75) is 153 Å². The molecule has 4 aromatic rings. The Morgan fingerprint density at radius 2 is 0.905 bits per heavy atom. The summed E-state index contributed by atoms with van der Waals surface area (Å²) in [7, 11) is 0. The van der Waals surface area contributed by atoms with Crippen LogP contribution in [-0.2, 0) is 70.4 Å². The number of nitrogens with two attached hydrogens (primary N) is 2. The number of aromatic amines is 2. The Balaban J connectivity index is 1.65. The van der Waals surface area contributed by atoms with Crippen molar-refractivity contribution in [2.24, 2.45) is 23.3 Å². The molecule has 0 aliphatic heterocycles. The molecule has 29 nitrogen and oxygen atoms in total. The first kappa shape index (κ1) is 67.5. The van der Waals surface area contributed by atoms with Gasteiger partial charge < -0.3 is 89.5 Å². The van der Waals surface area contributed by atoms with E-state index in [1.165, 1.54) is 0 Å². The fourth-order valence-corrected chi connectivity index (χ4v) is 9.00. The predicted molar refractivity (Wildman–Crippen MR) is 300 cm³/mol. The van der Waals surface area contributed by atoms with E-state index in [1.54, 1.807) is 88.6 Å². The van der Waals surface area contributed by atoms with Gasteiger partial charge in [0.2, 0.25) is 53.2 Å². The third-order valence-corrected chi connectivity index (χ3v) is 13.3. The van der Waals surface area contributed by atoms with Crippen LogP contribution in [0.3, 0.4) is 0 Å². The molecule has 0 saturated carbocycles. The Morgan fingerprint density at radius 3 is 1.37 bits per heavy atom. The van der Waals surface area contributed by atoms with Gasteiger partial charge in [0.05, 0.1) is 25.2 Å². The van der Waals surface area contributed by atoms with Gasteiger partial charge >= 0.3 is 17.9 Å². The predicted octanol–water partition coefficient (Wildman–Crippen LogP) is -2.21. The average molecular weight is 1180 g/mol. The molecular weight excluding hydrogens is 1100 g/mol. The van der Waals surface area contributed by atoms with Crippen LogP contribution in [0, 0.1) is 11.8 Å². The largest absolute Gasteiger partial charge is 0.481 e. The quantitative estimate of drug-likeness (QED) is 0.0232. The number of carboxylic acids is 3. The summed E-state index contributed by atoms with van der Waals surface area (Å²) >= 11 is 0. The maximum absolute atomic E-state index is 14.7. The highest BCUT2D eigenvalue weighted by Crippen LogP contribution is 2.22. The molecule has 2 heterocycles. The molecule has 10 unspecified atom stereocenters. The molecule has 10 atom stereocenters. The Morgan fingerprint density at radius 1 is 0.488 bits per heavy atom. The fourth-order valence-electron chi connectivity index (χ4n) is 9.00. The number of carboxylic acid groups (broad SMARTS) is 3. The van der Waals surface area contributed by atoms with Gasteiger partial charge in [0.15, 0.2) is 0 Å². The summed E-state index contributed by atoms with van der Waals surface area (Å²) in [5, 5.41) is 70.0. The van der Waals surface area contributed by atoms with Crippen LogP contribution in [0.2, 0.25) is 0 Å². The maximum Gasteiger partial charge on any atom is 0.326 e. The topological polar surface area (TPSA) is 486 Å². The molecule has 4 rings (SSSR count). The number of aliphatic hydroxyl groups is 2. The number of rotatable bonds is 35. The molecule has 0 aliphatic rings. The van der Waals surface area contributed by atoms with Gasteiger partial charge in [-0.25, -0.2) is 4.79 Å². The Hall–Kier alpha value is -8.96. The lowest BCUT2D eigenvalue weighted by molar-refractivity contribution is -0.144. The molecular formula is C55H76N12O17. The van der Waals surface area contributed by atoms with Gasteiger partial charge in [0.1, 0.15) is 48.3 Å². The zero-order valence-corrected chi connectivity index (χ0v) is 47.1. The number of aliphatic carboxylic acids is 3. The molecule has 84 heavy (non-hydrogen) atoms. The summed E-state index contributed by atoms with van der Waals surface area (Å²) in [6.45, 7) is 6.97. The summed E-state index contributed by atoms with van der Waals surface area (Å²) < 4.78 is 0. The number of para-hydroxylation sites is 2. The highest BCUT2D eigenvalue weighted by molar-refractivity contribution is 5.99. The van der Waals surface area contributed by atoms with Crippen LogP contribution in [0.15, 0.2) is 60.9 Å². The van der Waals surface area contributed by atoms with Crippen LogP contribution in [0.1, 0.15) is 90.7 Å². The fraction of sp³-hybridized carbons (Fsp3) is 0.491. The van der Waals surface area contributed by atoms with Crippen molar-refractivity contribution in [1.29, 1.82) is 0 Å². The van der Waals surface area contributed by atoms with Crippen LogP contribution in [-0.4, -0.2) is 174 Å². The molecule has 0 fully saturated rings.